The second-order valence-electron chi connectivity index (χ2n) is 7.50. The maximum absolute atomic E-state index is 11.5. The summed E-state index contributed by atoms with van der Waals surface area (Å²) in [6.45, 7) is 4.41. The highest BCUT2D eigenvalue weighted by Crippen LogP contribution is 2.18. The molecule has 1 aliphatic rings. The number of hydrogen-bond acceptors (Lipinski definition) is 5. The summed E-state index contributed by atoms with van der Waals surface area (Å²) in [5.41, 5.74) is 1.73. The average molecular weight is 418 g/mol. The van der Waals surface area contributed by atoms with Gasteiger partial charge in [-0.2, -0.15) is 0 Å². The predicted molar refractivity (Wildman–Crippen MR) is 114 cm³/mol. The van der Waals surface area contributed by atoms with Crippen LogP contribution in [-0.4, -0.2) is 54.3 Å². The van der Waals surface area contributed by atoms with Crippen molar-refractivity contribution in [2.24, 2.45) is 0 Å². The van der Waals surface area contributed by atoms with E-state index in [9.17, 15) is 9.90 Å². The fourth-order valence-electron chi connectivity index (χ4n) is 3.48. The van der Waals surface area contributed by atoms with E-state index in [-0.39, 0.29) is 18.5 Å². The van der Waals surface area contributed by atoms with Crippen LogP contribution in [0.3, 0.4) is 0 Å². The normalized spacial score (nSPS) is 17.4. The van der Waals surface area contributed by atoms with Gasteiger partial charge in [0.25, 0.3) is 0 Å². The molecular weight excluding hydrogens is 390 g/mol. The second-order valence-corrected chi connectivity index (χ2v) is 7.94. The molecule has 0 aromatic heterocycles. The first-order valence-electron chi connectivity index (χ1n) is 10.00. The molecule has 2 aromatic carbocycles. The highest BCUT2D eigenvalue weighted by atomic mass is 35.5. The van der Waals surface area contributed by atoms with E-state index in [0.29, 0.717) is 29.4 Å². The zero-order chi connectivity index (χ0) is 20.6. The summed E-state index contributed by atoms with van der Waals surface area (Å²) in [6.07, 6.45) is 1.66. The van der Waals surface area contributed by atoms with Crippen molar-refractivity contribution in [3.8, 4) is 5.75 Å². The van der Waals surface area contributed by atoms with Crippen molar-refractivity contribution in [2.45, 2.75) is 38.5 Å². The zero-order valence-electron chi connectivity index (χ0n) is 16.7. The van der Waals surface area contributed by atoms with Crippen molar-refractivity contribution in [3.05, 3.63) is 64.7 Å². The molecule has 2 aromatic rings. The fourth-order valence-corrected chi connectivity index (χ4v) is 3.60. The molecule has 6 heteroatoms. The van der Waals surface area contributed by atoms with Crippen molar-refractivity contribution in [1.82, 2.24) is 4.90 Å². The van der Waals surface area contributed by atoms with Gasteiger partial charge < -0.3 is 14.6 Å². The van der Waals surface area contributed by atoms with Crippen LogP contribution < -0.4 is 4.74 Å². The summed E-state index contributed by atoms with van der Waals surface area (Å²) < 4.78 is 11.5. The van der Waals surface area contributed by atoms with E-state index >= 15 is 0 Å². The van der Waals surface area contributed by atoms with Crippen molar-refractivity contribution >= 4 is 17.4 Å². The Bertz CT molecular complexity index is 790. The van der Waals surface area contributed by atoms with Gasteiger partial charge in [0, 0.05) is 36.8 Å². The largest absolute Gasteiger partial charge is 0.491 e. The first-order valence-corrected chi connectivity index (χ1v) is 10.4. The molecule has 2 atom stereocenters. The monoisotopic (exact) mass is 417 g/mol. The zero-order valence-corrected chi connectivity index (χ0v) is 17.5. The maximum Gasteiger partial charge on any atom is 0.159 e. The summed E-state index contributed by atoms with van der Waals surface area (Å²) in [4.78, 5) is 13.7. The van der Waals surface area contributed by atoms with Crippen LogP contribution in [0.25, 0.3) is 0 Å². The highest BCUT2D eigenvalue weighted by Gasteiger charge is 2.21. The number of hydrogen-bond donors (Lipinski definition) is 1. The molecule has 0 spiro atoms. The third-order valence-electron chi connectivity index (χ3n) is 4.96. The lowest BCUT2D eigenvalue weighted by Crippen LogP contribution is -2.39. The summed E-state index contributed by atoms with van der Waals surface area (Å²) in [5, 5.41) is 11.3. The number of nitrogens with zero attached hydrogens (tertiary/aromatic N) is 1. The standard InChI is InChI=1S/C23H28ClNO4/c1-17(26)19-4-2-5-22(12-19)29-16-21(27)14-25(15-23-6-3-11-28-23)13-18-7-9-20(24)10-8-18/h2,4-5,7-10,12,21,23,27H,3,6,11,13-16H2,1H3. The predicted octanol–water partition coefficient (Wildman–Crippen LogP) is 3.96. The average Bonchev–Trinajstić information content (AvgIpc) is 3.21. The Labute approximate surface area is 177 Å². The minimum absolute atomic E-state index is 0.0123. The lowest BCUT2D eigenvalue weighted by atomic mass is 10.1. The van der Waals surface area contributed by atoms with E-state index in [0.717, 1.165) is 31.6 Å². The Balaban J connectivity index is 1.57. The minimum Gasteiger partial charge on any atom is -0.491 e. The van der Waals surface area contributed by atoms with Crippen LogP contribution in [-0.2, 0) is 11.3 Å². The quantitative estimate of drug-likeness (QED) is 0.593. The number of ketones is 1. The molecule has 0 saturated carbocycles. The van der Waals surface area contributed by atoms with Gasteiger partial charge in [-0.1, -0.05) is 35.9 Å². The van der Waals surface area contributed by atoms with E-state index < -0.39 is 6.10 Å². The SMILES string of the molecule is CC(=O)c1cccc(OCC(O)CN(Cc2ccc(Cl)cc2)CC2CCCO2)c1. The number of carbonyl (C=O) groups is 1. The molecule has 1 aliphatic heterocycles. The molecule has 0 aliphatic carbocycles. The van der Waals surface area contributed by atoms with Gasteiger partial charge in [0.15, 0.2) is 5.78 Å². The summed E-state index contributed by atoms with van der Waals surface area (Å²) in [6, 6.07) is 14.8. The van der Waals surface area contributed by atoms with Gasteiger partial charge in [-0.15, -0.1) is 0 Å². The third kappa shape index (κ3) is 7.12. The maximum atomic E-state index is 11.5. The molecule has 1 N–H and O–H groups in total. The number of rotatable bonds is 10. The number of benzene rings is 2. The van der Waals surface area contributed by atoms with Crippen LogP contribution >= 0.6 is 11.6 Å². The van der Waals surface area contributed by atoms with E-state index in [1.807, 2.05) is 24.3 Å². The molecule has 0 bridgehead atoms. The van der Waals surface area contributed by atoms with Crippen molar-refractivity contribution in [3.63, 3.8) is 0 Å². The van der Waals surface area contributed by atoms with E-state index in [2.05, 4.69) is 4.90 Å². The molecule has 29 heavy (non-hydrogen) atoms. The second kappa shape index (κ2) is 10.7. The van der Waals surface area contributed by atoms with Gasteiger partial charge >= 0.3 is 0 Å². The van der Waals surface area contributed by atoms with Gasteiger partial charge in [0.2, 0.25) is 0 Å². The first-order chi connectivity index (χ1) is 14.0. The third-order valence-corrected chi connectivity index (χ3v) is 5.21. The molecule has 1 saturated heterocycles. The highest BCUT2D eigenvalue weighted by molar-refractivity contribution is 6.30. The van der Waals surface area contributed by atoms with Gasteiger partial charge in [-0.25, -0.2) is 0 Å². The van der Waals surface area contributed by atoms with Crippen LogP contribution in [0.5, 0.6) is 5.75 Å². The number of aliphatic hydroxyl groups is 1. The Kier molecular flexibility index (Phi) is 8.07. The summed E-state index contributed by atoms with van der Waals surface area (Å²) in [7, 11) is 0. The lowest BCUT2D eigenvalue weighted by Gasteiger charge is -2.27. The molecule has 156 valence electrons. The Morgan fingerprint density at radius 1 is 1.31 bits per heavy atom. The van der Waals surface area contributed by atoms with E-state index in [1.54, 1.807) is 24.3 Å². The number of ether oxygens (including phenoxy) is 2. The Hall–Kier alpha value is -1.92. The molecular formula is C23H28ClNO4. The minimum atomic E-state index is -0.662. The fraction of sp³-hybridized carbons (Fsp3) is 0.435. The van der Waals surface area contributed by atoms with Gasteiger partial charge in [-0.05, 0) is 49.6 Å². The van der Waals surface area contributed by atoms with Gasteiger partial charge in [0.05, 0.1) is 6.10 Å². The van der Waals surface area contributed by atoms with E-state index in [4.69, 9.17) is 21.1 Å². The van der Waals surface area contributed by atoms with Crippen molar-refractivity contribution < 1.29 is 19.4 Å². The Morgan fingerprint density at radius 2 is 2.10 bits per heavy atom. The smallest absolute Gasteiger partial charge is 0.159 e. The van der Waals surface area contributed by atoms with E-state index in [1.165, 1.54) is 6.92 Å². The summed E-state index contributed by atoms with van der Waals surface area (Å²) in [5.74, 6) is 0.571. The van der Waals surface area contributed by atoms with Crippen LogP contribution in [0.1, 0.15) is 35.7 Å². The number of halogens is 1. The van der Waals surface area contributed by atoms with Gasteiger partial charge in [-0.3, -0.25) is 9.69 Å². The number of Topliss-reactive ketones (excluding diaryl/α,β-unsaturated/α-hetero) is 1. The lowest BCUT2D eigenvalue weighted by molar-refractivity contribution is 0.0313. The summed E-state index contributed by atoms with van der Waals surface area (Å²) >= 11 is 5.99. The molecule has 1 heterocycles. The Morgan fingerprint density at radius 3 is 2.79 bits per heavy atom. The van der Waals surface area contributed by atoms with Crippen molar-refractivity contribution in [2.75, 3.05) is 26.3 Å². The number of carbonyl (C=O) groups excluding carboxylic acids is 1. The molecule has 0 amide bonds. The first kappa shape index (κ1) is 21.8. The van der Waals surface area contributed by atoms with Crippen LogP contribution in [0.4, 0.5) is 0 Å². The van der Waals surface area contributed by atoms with Crippen LogP contribution in [0, 0.1) is 0 Å². The molecule has 2 unspecified atom stereocenters. The van der Waals surface area contributed by atoms with Crippen molar-refractivity contribution in [1.29, 1.82) is 0 Å². The van der Waals surface area contributed by atoms with Crippen LogP contribution in [0.2, 0.25) is 5.02 Å². The van der Waals surface area contributed by atoms with Gasteiger partial charge in [0.1, 0.15) is 18.5 Å². The molecule has 0 radical (unpaired) electrons. The number of aliphatic hydroxyl groups excluding tert-OH is 1. The van der Waals surface area contributed by atoms with Crippen LogP contribution in [0.15, 0.2) is 48.5 Å². The molecule has 5 nitrogen and oxygen atoms in total. The molecule has 3 rings (SSSR count). The topological polar surface area (TPSA) is 59.0 Å². The molecule has 1 fully saturated rings.